The fourth-order valence-electron chi connectivity index (χ4n) is 3.60. The molecule has 0 spiro atoms. The largest absolute Gasteiger partial charge is 0.309 e. The van der Waals surface area contributed by atoms with Crippen molar-refractivity contribution < 1.29 is 0 Å². The first-order chi connectivity index (χ1) is 9.94. The van der Waals surface area contributed by atoms with Crippen molar-refractivity contribution in [3.63, 3.8) is 0 Å². The minimum atomic E-state index is 0.316. The number of piperazine rings is 1. The van der Waals surface area contributed by atoms with Crippen LogP contribution in [0.5, 0.6) is 0 Å². The molecule has 1 rings (SSSR count). The van der Waals surface area contributed by atoms with Crippen molar-refractivity contribution in [2.24, 2.45) is 11.8 Å². The summed E-state index contributed by atoms with van der Waals surface area (Å²) in [5.41, 5.74) is 0.316. The minimum Gasteiger partial charge on any atom is -0.309 e. The number of hydrogen-bond acceptors (Lipinski definition) is 2. The lowest BCUT2D eigenvalue weighted by molar-refractivity contribution is 0.0568. The molecule has 1 aliphatic rings. The van der Waals surface area contributed by atoms with Gasteiger partial charge in [0.1, 0.15) is 0 Å². The third-order valence-electron chi connectivity index (χ3n) is 5.39. The van der Waals surface area contributed by atoms with Crippen molar-refractivity contribution in [3.8, 4) is 0 Å². The molecule has 126 valence electrons. The summed E-state index contributed by atoms with van der Waals surface area (Å²) in [4.78, 5) is 2.82. The molecule has 2 nitrogen and oxygen atoms in total. The van der Waals surface area contributed by atoms with Crippen molar-refractivity contribution >= 4 is 0 Å². The zero-order valence-electron chi connectivity index (χ0n) is 15.5. The third kappa shape index (κ3) is 6.28. The van der Waals surface area contributed by atoms with Crippen LogP contribution in [0, 0.1) is 11.8 Å². The molecule has 1 saturated heterocycles. The summed E-state index contributed by atoms with van der Waals surface area (Å²) < 4.78 is 0. The number of nitrogens with zero attached hydrogens (tertiary/aromatic N) is 1. The van der Waals surface area contributed by atoms with Gasteiger partial charge in [-0.15, -0.1) is 0 Å². The molecule has 1 N–H and O–H groups in total. The molecule has 0 radical (unpaired) electrons. The lowest BCUT2D eigenvalue weighted by Gasteiger charge is -2.47. The van der Waals surface area contributed by atoms with E-state index in [1.54, 1.807) is 0 Å². The van der Waals surface area contributed by atoms with Gasteiger partial charge in [0.25, 0.3) is 0 Å². The maximum Gasteiger partial charge on any atom is 0.0278 e. The summed E-state index contributed by atoms with van der Waals surface area (Å²) in [7, 11) is 0. The Morgan fingerprint density at radius 2 is 1.95 bits per heavy atom. The van der Waals surface area contributed by atoms with Crippen LogP contribution in [0.2, 0.25) is 0 Å². The molecular weight excluding hydrogens is 256 g/mol. The smallest absolute Gasteiger partial charge is 0.0278 e. The molecule has 3 atom stereocenters. The van der Waals surface area contributed by atoms with Crippen LogP contribution in [0.4, 0.5) is 0 Å². The van der Waals surface area contributed by atoms with E-state index in [-0.39, 0.29) is 0 Å². The first-order valence-electron chi connectivity index (χ1n) is 9.43. The van der Waals surface area contributed by atoms with E-state index in [9.17, 15) is 0 Å². The van der Waals surface area contributed by atoms with Crippen molar-refractivity contribution in [1.82, 2.24) is 10.2 Å². The van der Waals surface area contributed by atoms with Gasteiger partial charge in [0.05, 0.1) is 0 Å². The summed E-state index contributed by atoms with van der Waals surface area (Å²) in [5, 5.41) is 3.82. The summed E-state index contributed by atoms with van der Waals surface area (Å²) >= 11 is 0. The quantitative estimate of drug-likeness (QED) is 0.664. The lowest BCUT2D eigenvalue weighted by atomic mass is 9.89. The Kier molecular flexibility index (Phi) is 8.26. The van der Waals surface area contributed by atoms with Crippen molar-refractivity contribution in [2.45, 2.75) is 91.6 Å². The Labute approximate surface area is 134 Å². The molecule has 0 saturated carbocycles. The highest BCUT2D eigenvalue weighted by atomic mass is 15.3. The Bertz CT molecular complexity index is 277. The van der Waals surface area contributed by atoms with E-state index in [0.717, 1.165) is 17.9 Å². The molecule has 21 heavy (non-hydrogen) atoms. The number of hydrogen-bond donors (Lipinski definition) is 1. The Morgan fingerprint density at radius 3 is 2.48 bits per heavy atom. The highest BCUT2D eigenvalue weighted by molar-refractivity contribution is 4.95. The molecule has 0 aromatic carbocycles. The van der Waals surface area contributed by atoms with E-state index < -0.39 is 0 Å². The third-order valence-corrected chi connectivity index (χ3v) is 5.39. The highest BCUT2D eigenvalue weighted by Gasteiger charge is 2.35. The van der Waals surface area contributed by atoms with Gasteiger partial charge in [-0.3, -0.25) is 4.90 Å². The van der Waals surface area contributed by atoms with Gasteiger partial charge in [0.2, 0.25) is 0 Å². The number of rotatable bonds is 9. The number of nitrogens with one attached hydrogen (secondary N) is 1. The summed E-state index contributed by atoms with van der Waals surface area (Å²) in [6.07, 6.45) is 8.03. The average Bonchev–Trinajstić information content (AvgIpc) is 2.46. The SMILES string of the molecule is CCCCC(CC)CN1CC(C)(CC)NCC1CC(C)C. The van der Waals surface area contributed by atoms with Gasteiger partial charge in [0.15, 0.2) is 0 Å². The molecule has 1 heterocycles. The van der Waals surface area contributed by atoms with E-state index in [2.05, 4.69) is 51.8 Å². The Balaban J connectivity index is 2.68. The molecule has 0 aromatic heterocycles. The van der Waals surface area contributed by atoms with Crippen molar-refractivity contribution in [3.05, 3.63) is 0 Å². The van der Waals surface area contributed by atoms with Crippen LogP contribution in [0.3, 0.4) is 0 Å². The summed E-state index contributed by atoms with van der Waals surface area (Å²) in [5.74, 6) is 1.68. The van der Waals surface area contributed by atoms with Gasteiger partial charge in [-0.2, -0.15) is 0 Å². The van der Waals surface area contributed by atoms with E-state index in [0.29, 0.717) is 5.54 Å². The van der Waals surface area contributed by atoms with Crippen LogP contribution < -0.4 is 5.32 Å². The normalized spacial score (nSPS) is 29.0. The second-order valence-electron chi connectivity index (χ2n) is 7.92. The van der Waals surface area contributed by atoms with Crippen molar-refractivity contribution in [2.75, 3.05) is 19.6 Å². The molecule has 1 fully saturated rings. The van der Waals surface area contributed by atoms with Gasteiger partial charge in [-0.1, -0.05) is 53.9 Å². The molecule has 0 amide bonds. The second-order valence-corrected chi connectivity index (χ2v) is 7.92. The van der Waals surface area contributed by atoms with Crippen LogP contribution in [0.25, 0.3) is 0 Å². The molecule has 3 unspecified atom stereocenters. The van der Waals surface area contributed by atoms with E-state index >= 15 is 0 Å². The summed E-state index contributed by atoms with van der Waals surface area (Å²) in [6, 6.07) is 0.736. The van der Waals surface area contributed by atoms with Gasteiger partial charge < -0.3 is 5.32 Å². The predicted octanol–water partition coefficient (Wildman–Crippen LogP) is 4.69. The maximum atomic E-state index is 3.82. The van der Waals surface area contributed by atoms with Crippen LogP contribution in [0.15, 0.2) is 0 Å². The highest BCUT2D eigenvalue weighted by Crippen LogP contribution is 2.25. The van der Waals surface area contributed by atoms with E-state index in [1.165, 1.54) is 58.2 Å². The maximum absolute atomic E-state index is 3.82. The summed E-state index contributed by atoms with van der Waals surface area (Å²) in [6.45, 7) is 17.8. The van der Waals surface area contributed by atoms with E-state index in [4.69, 9.17) is 0 Å². The monoisotopic (exact) mass is 296 g/mol. The molecular formula is C19H40N2. The van der Waals surface area contributed by atoms with E-state index in [1.807, 2.05) is 0 Å². The van der Waals surface area contributed by atoms with Crippen molar-refractivity contribution in [1.29, 1.82) is 0 Å². The first kappa shape index (κ1) is 19.0. The van der Waals surface area contributed by atoms with Crippen LogP contribution in [0.1, 0.15) is 80.1 Å². The van der Waals surface area contributed by atoms with Crippen LogP contribution >= 0.6 is 0 Å². The zero-order valence-corrected chi connectivity index (χ0v) is 15.5. The molecule has 2 heteroatoms. The van der Waals surface area contributed by atoms with Gasteiger partial charge in [0, 0.05) is 31.2 Å². The Morgan fingerprint density at radius 1 is 1.24 bits per heavy atom. The van der Waals surface area contributed by atoms with Crippen LogP contribution in [-0.2, 0) is 0 Å². The predicted molar refractivity (Wildman–Crippen MR) is 94.8 cm³/mol. The molecule has 1 aliphatic heterocycles. The molecule has 0 aliphatic carbocycles. The molecule has 0 bridgehead atoms. The second kappa shape index (κ2) is 9.15. The standard InChI is InChI=1S/C19H40N2/c1-7-10-11-17(8-2)14-21-15-19(6,9-3)20-13-18(21)12-16(4)5/h16-18,20H,7-15H2,1-6H3. The van der Waals surface area contributed by atoms with Gasteiger partial charge in [-0.05, 0) is 38.0 Å². The average molecular weight is 297 g/mol. The molecule has 0 aromatic rings. The number of unbranched alkanes of at least 4 members (excludes halogenated alkanes) is 1. The van der Waals surface area contributed by atoms with Gasteiger partial charge in [-0.25, -0.2) is 0 Å². The lowest BCUT2D eigenvalue weighted by Crippen LogP contribution is -2.63. The fourth-order valence-corrected chi connectivity index (χ4v) is 3.60. The fraction of sp³-hybridized carbons (Fsp3) is 1.00. The Hall–Kier alpha value is -0.0800. The first-order valence-corrected chi connectivity index (χ1v) is 9.43. The van der Waals surface area contributed by atoms with Gasteiger partial charge >= 0.3 is 0 Å². The van der Waals surface area contributed by atoms with Crippen LogP contribution in [-0.4, -0.2) is 36.1 Å². The minimum absolute atomic E-state index is 0.316. The zero-order chi connectivity index (χ0) is 15.9. The topological polar surface area (TPSA) is 15.3 Å².